The Balaban J connectivity index is 1.80. The molecule has 0 aliphatic carbocycles. The van der Waals surface area contributed by atoms with Crippen LogP contribution in [0.2, 0.25) is 10.0 Å². The zero-order valence-corrected chi connectivity index (χ0v) is 18.8. The molecule has 0 aliphatic heterocycles. The first-order valence-electron chi connectivity index (χ1n) is 9.37. The van der Waals surface area contributed by atoms with Crippen molar-refractivity contribution in [3.8, 4) is 28.8 Å². The first kappa shape index (κ1) is 23.7. The number of hydrogen-bond acceptors (Lipinski definition) is 6. The third-order valence-electron chi connectivity index (χ3n) is 4.33. The number of aldehydes is 1. The van der Waals surface area contributed by atoms with Gasteiger partial charge in [-0.05, 0) is 25.5 Å². The molecule has 1 aromatic carbocycles. The summed E-state index contributed by atoms with van der Waals surface area (Å²) in [6.45, 7) is 0.607. The number of benzene rings is 1. The van der Waals surface area contributed by atoms with Gasteiger partial charge in [-0.15, -0.1) is 0 Å². The third kappa shape index (κ3) is 5.46. The number of rotatable bonds is 9. The molecular formula is C21H19Cl2F2N3O4. The highest BCUT2D eigenvalue weighted by atomic mass is 35.5. The highest BCUT2D eigenvalue weighted by molar-refractivity contribution is 6.37. The maximum absolute atomic E-state index is 12.6. The van der Waals surface area contributed by atoms with Crippen LogP contribution in [0.3, 0.4) is 0 Å². The molecule has 1 atom stereocenters. The fourth-order valence-corrected chi connectivity index (χ4v) is 3.34. The lowest BCUT2D eigenvalue weighted by atomic mass is 10.1. The van der Waals surface area contributed by atoms with Crippen molar-refractivity contribution in [3.05, 3.63) is 51.6 Å². The van der Waals surface area contributed by atoms with Crippen LogP contribution < -0.4 is 14.2 Å². The third-order valence-corrected chi connectivity index (χ3v) is 4.98. The summed E-state index contributed by atoms with van der Waals surface area (Å²) < 4.78 is 42.0. The molecule has 1 unspecified atom stereocenters. The molecule has 0 aliphatic rings. The molecular weight excluding hydrogens is 467 g/mol. The molecule has 0 bridgehead atoms. The summed E-state index contributed by atoms with van der Waals surface area (Å²) in [5.41, 5.74) is 2.15. The van der Waals surface area contributed by atoms with Crippen molar-refractivity contribution in [1.82, 2.24) is 14.8 Å². The van der Waals surface area contributed by atoms with E-state index in [2.05, 4.69) is 14.8 Å². The van der Waals surface area contributed by atoms with E-state index < -0.39 is 12.7 Å². The van der Waals surface area contributed by atoms with Gasteiger partial charge in [0, 0.05) is 30.4 Å². The molecule has 0 saturated carbocycles. The number of carbonyl (C=O) groups excluding carboxylic acids is 1. The van der Waals surface area contributed by atoms with Gasteiger partial charge in [-0.2, -0.15) is 13.9 Å². The maximum Gasteiger partial charge on any atom is 0.388 e. The Labute approximate surface area is 192 Å². The van der Waals surface area contributed by atoms with Gasteiger partial charge in [-0.3, -0.25) is 4.79 Å². The predicted octanol–water partition coefficient (Wildman–Crippen LogP) is 5.24. The number of aromatic nitrogens is 3. The van der Waals surface area contributed by atoms with Crippen LogP contribution in [-0.2, 0) is 18.4 Å². The van der Waals surface area contributed by atoms with E-state index in [0.717, 1.165) is 10.2 Å². The minimum absolute atomic E-state index is 0.112. The second-order valence-electron chi connectivity index (χ2n) is 6.83. The Morgan fingerprint density at radius 1 is 1.22 bits per heavy atom. The van der Waals surface area contributed by atoms with E-state index in [0.29, 0.717) is 23.2 Å². The van der Waals surface area contributed by atoms with Crippen molar-refractivity contribution >= 4 is 29.5 Å². The number of hydrogen-bond donors (Lipinski definition) is 0. The van der Waals surface area contributed by atoms with E-state index in [4.69, 9.17) is 32.7 Å². The quantitative estimate of drug-likeness (QED) is 0.385. The van der Waals surface area contributed by atoms with E-state index in [1.807, 2.05) is 25.1 Å². The average Bonchev–Trinajstić information content (AvgIpc) is 3.01. The summed E-state index contributed by atoms with van der Waals surface area (Å²) in [7, 11) is 1.42. The van der Waals surface area contributed by atoms with Gasteiger partial charge < -0.3 is 14.2 Å². The average molecular weight is 486 g/mol. The highest BCUT2D eigenvalue weighted by Gasteiger charge is 2.22. The van der Waals surface area contributed by atoms with Crippen LogP contribution in [-0.4, -0.2) is 33.8 Å². The summed E-state index contributed by atoms with van der Waals surface area (Å²) in [6, 6.07) is 6.99. The lowest BCUT2D eigenvalue weighted by Gasteiger charge is -2.15. The molecule has 170 valence electrons. The molecule has 0 saturated heterocycles. The van der Waals surface area contributed by atoms with Gasteiger partial charge in [0.1, 0.15) is 23.1 Å². The van der Waals surface area contributed by atoms with Gasteiger partial charge in [-0.25, -0.2) is 9.67 Å². The number of carbonyl (C=O) groups is 1. The number of pyridine rings is 1. The zero-order chi connectivity index (χ0) is 23.4. The molecule has 3 aromatic rings. The minimum atomic E-state index is -3.05. The van der Waals surface area contributed by atoms with Crippen LogP contribution in [0.1, 0.15) is 18.1 Å². The van der Waals surface area contributed by atoms with Crippen molar-refractivity contribution in [3.63, 3.8) is 0 Å². The topological polar surface area (TPSA) is 75.5 Å². The van der Waals surface area contributed by atoms with Gasteiger partial charge in [0.2, 0.25) is 11.8 Å². The molecule has 0 spiro atoms. The lowest BCUT2D eigenvalue weighted by molar-refractivity contribution is -0.113. The van der Waals surface area contributed by atoms with E-state index in [1.54, 1.807) is 6.92 Å². The van der Waals surface area contributed by atoms with E-state index in [-0.39, 0.29) is 34.1 Å². The highest BCUT2D eigenvalue weighted by Crippen LogP contribution is 2.39. The van der Waals surface area contributed by atoms with Crippen LogP contribution in [0.4, 0.5) is 8.78 Å². The Hall–Kier alpha value is -2.91. The second-order valence-corrected chi connectivity index (χ2v) is 7.62. The molecule has 0 N–H and O–H groups in total. The first-order valence-corrected chi connectivity index (χ1v) is 10.1. The number of ether oxygens (including phenoxy) is 3. The SMILES string of the molecule is Cc1ccc(COc2cc(Cl)c(-c3nn(C)c(OC(F)F)c3Cl)cn2)c(OC(C)C=O)c1. The van der Waals surface area contributed by atoms with Gasteiger partial charge in [0.05, 0.1) is 5.02 Å². The van der Waals surface area contributed by atoms with Crippen LogP contribution in [0.5, 0.6) is 17.5 Å². The fraction of sp³-hybridized carbons (Fsp3) is 0.286. The second kappa shape index (κ2) is 10.1. The standard InChI is InChI=1S/C21H19Cl2F2N3O4/c1-11-4-5-13(16(6-11)31-12(2)9-29)10-30-17-7-15(22)14(8-26-17)19-18(23)20(28(3)27-19)32-21(24)25/h4-9,12,21H,10H2,1-3H3. The summed E-state index contributed by atoms with van der Waals surface area (Å²) in [5, 5.41) is 4.18. The molecule has 0 fully saturated rings. The normalized spacial score (nSPS) is 12.0. The van der Waals surface area contributed by atoms with Crippen molar-refractivity contribution < 1.29 is 27.8 Å². The Bertz CT molecular complexity index is 1120. The van der Waals surface area contributed by atoms with Crippen molar-refractivity contribution in [1.29, 1.82) is 0 Å². The molecule has 2 heterocycles. The zero-order valence-electron chi connectivity index (χ0n) is 17.3. The largest absolute Gasteiger partial charge is 0.483 e. The molecule has 0 radical (unpaired) electrons. The van der Waals surface area contributed by atoms with Crippen molar-refractivity contribution in [2.24, 2.45) is 7.05 Å². The molecule has 2 aromatic heterocycles. The molecule has 32 heavy (non-hydrogen) atoms. The Kier molecular flexibility index (Phi) is 7.52. The molecule has 3 rings (SSSR count). The van der Waals surface area contributed by atoms with Crippen LogP contribution in [0.15, 0.2) is 30.5 Å². The van der Waals surface area contributed by atoms with Crippen LogP contribution >= 0.6 is 23.2 Å². The van der Waals surface area contributed by atoms with E-state index in [9.17, 15) is 13.6 Å². The number of aryl methyl sites for hydroxylation is 2. The smallest absolute Gasteiger partial charge is 0.388 e. The number of nitrogens with zero attached hydrogens (tertiary/aromatic N) is 3. The summed E-state index contributed by atoms with van der Waals surface area (Å²) >= 11 is 12.5. The number of alkyl halides is 2. The summed E-state index contributed by atoms with van der Waals surface area (Å²) in [6.07, 6.45) is 1.47. The minimum Gasteiger partial charge on any atom is -0.483 e. The molecule has 7 nitrogen and oxygen atoms in total. The van der Waals surface area contributed by atoms with Gasteiger partial charge >= 0.3 is 6.61 Å². The van der Waals surface area contributed by atoms with Gasteiger partial charge in [0.25, 0.3) is 0 Å². The van der Waals surface area contributed by atoms with E-state index >= 15 is 0 Å². The van der Waals surface area contributed by atoms with Crippen molar-refractivity contribution in [2.75, 3.05) is 0 Å². The lowest BCUT2D eigenvalue weighted by Crippen LogP contribution is -2.14. The Morgan fingerprint density at radius 2 is 1.97 bits per heavy atom. The number of halogens is 4. The summed E-state index contributed by atoms with van der Waals surface area (Å²) in [5.74, 6) is 0.452. The first-order chi connectivity index (χ1) is 15.2. The van der Waals surface area contributed by atoms with Crippen LogP contribution in [0, 0.1) is 6.92 Å². The van der Waals surface area contributed by atoms with Gasteiger partial charge in [-0.1, -0.05) is 35.3 Å². The van der Waals surface area contributed by atoms with Gasteiger partial charge in [0.15, 0.2) is 12.4 Å². The molecule has 11 heteroatoms. The maximum atomic E-state index is 12.6. The summed E-state index contributed by atoms with van der Waals surface area (Å²) in [4.78, 5) is 15.1. The predicted molar refractivity (Wildman–Crippen MR) is 115 cm³/mol. The van der Waals surface area contributed by atoms with E-state index in [1.165, 1.54) is 19.3 Å². The fourth-order valence-electron chi connectivity index (χ4n) is 2.80. The molecule has 0 amide bonds. The van der Waals surface area contributed by atoms with Crippen molar-refractivity contribution in [2.45, 2.75) is 33.2 Å². The monoisotopic (exact) mass is 485 g/mol. The van der Waals surface area contributed by atoms with Crippen LogP contribution in [0.25, 0.3) is 11.3 Å². The Morgan fingerprint density at radius 3 is 2.62 bits per heavy atom.